The Labute approximate surface area is 173 Å². The summed E-state index contributed by atoms with van der Waals surface area (Å²) in [7, 11) is 1.81. The van der Waals surface area contributed by atoms with Crippen molar-refractivity contribution < 1.29 is 4.74 Å². The molecule has 1 fully saturated rings. The lowest BCUT2D eigenvalue weighted by molar-refractivity contribution is -0.0212. The number of ether oxygens (including phenoxy) is 1. The molecule has 1 heterocycles. The highest BCUT2D eigenvalue weighted by molar-refractivity contribution is 14.0. The average molecular weight is 478 g/mol. The smallest absolute Gasteiger partial charge is 0.191 e. The lowest BCUT2D eigenvalue weighted by atomic mass is 10.1. The molecule has 0 radical (unpaired) electrons. The zero-order chi connectivity index (χ0) is 17.2. The topological polar surface area (TPSA) is 48.9 Å². The Kier molecular flexibility index (Phi) is 11.5. The first-order valence-corrected chi connectivity index (χ1v) is 9.96. The zero-order valence-corrected chi connectivity index (χ0v) is 18.6. The fraction of sp³-hybridized carbons (Fsp3) is 0.611. The number of nitrogens with one attached hydrogen (secondary N) is 2. The van der Waals surface area contributed by atoms with Crippen molar-refractivity contribution in [1.29, 1.82) is 0 Å². The van der Waals surface area contributed by atoms with Crippen molar-refractivity contribution in [3.63, 3.8) is 0 Å². The van der Waals surface area contributed by atoms with Crippen molar-refractivity contribution in [3.05, 3.63) is 35.4 Å². The Hall–Kier alpha value is -0.510. The lowest BCUT2D eigenvalue weighted by Crippen LogP contribution is -2.40. The van der Waals surface area contributed by atoms with Crippen LogP contribution in [0.1, 0.15) is 18.1 Å². The van der Waals surface area contributed by atoms with Crippen molar-refractivity contribution in [3.8, 4) is 0 Å². The van der Waals surface area contributed by atoms with Crippen molar-refractivity contribution in [2.24, 2.45) is 4.99 Å². The van der Waals surface area contributed by atoms with Crippen LogP contribution < -0.4 is 10.6 Å². The van der Waals surface area contributed by atoms with Crippen LogP contribution in [-0.4, -0.2) is 62.3 Å². The van der Waals surface area contributed by atoms with Gasteiger partial charge in [0, 0.05) is 45.5 Å². The lowest BCUT2D eigenvalue weighted by Gasteiger charge is -2.31. The van der Waals surface area contributed by atoms with E-state index in [2.05, 4.69) is 58.0 Å². The molecule has 0 saturated carbocycles. The van der Waals surface area contributed by atoms with E-state index in [0.717, 1.165) is 51.0 Å². The third kappa shape index (κ3) is 8.61. The second-order valence-electron chi connectivity index (χ2n) is 6.08. The monoisotopic (exact) mass is 478 g/mol. The minimum atomic E-state index is 0. The molecule has 1 aliphatic heterocycles. The van der Waals surface area contributed by atoms with Gasteiger partial charge in [0.25, 0.3) is 0 Å². The second-order valence-corrected chi connectivity index (χ2v) is 7.07. The van der Waals surface area contributed by atoms with E-state index in [1.807, 2.05) is 18.8 Å². The number of nitrogens with zero attached hydrogens (tertiary/aromatic N) is 2. The van der Waals surface area contributed by atoms with Crippen molar-refractivity contribution in [1.82, 2.24) is 15.5 Å². The molecule has 2 N–H and O–H groups in total. The van der Waals surface area contributed by atoms with Gasteiger partial charge in [-0.3, -0.25) is 9.89 Å². The van der Waals surface area contributed by atoms with Gasteiger partial charge in [-0.1, -0.05) is 24.3 Å². The zero-order valence-electron chi connectivity index (χ0n) is 15.5. The molecule has 1 aromatic carbocycles. The van der Waals surface area contributed by atoms with Gasteiger partial charge in [0.15, 0.2) is 5.96 Å². The van der Waals surface area contributed by atoms with E-state index >= 15 is 0 Å². The molecule has 1 atom stereocenters. The number of benzene rings is 1. The van der Waals surface area contributed by atoms with Gasteiger partial charge >= 0.3 is 0 Å². The number of halogens is 1. The van der Waals surface area contributed by atoms with E-state index in [-0.39, 0.29) is 24.0 Å². The molecule has 5 nitrogen and oxygen atoms in total. The molecule has 0 amide bonds. The van der Waals surface area contributed by atoms with E-state index in [0.29, 0.717) is 6.10 Å². The molecule has 2 rings (SSSR count). The number of thioether (sulfide) groups is 1. The van der Waals surface area contributed by atoms with Crippen LogP contribution >= 0.6 is 35.7 Å². The SMILES string of the molecule is CN=C(NCCSC)NCc1cccc(CN2CCOC(C)C2)c1.I. The number of hydrogen-bond acceptors (Lipinski definition) is 4. The highest BCUT2D eigenvalue weighted by Crippen LogP contribution is 2.12. The summed E-state index contributed by atoms with van der Waals surface area (Å²) in [5.41, 5.74) is 2.63. The van der Waals surface area contributed by atoms with Crippen LogP contribution in [0.2, 0.25) is 0 Å². The number of aliphatic imine (C=N–C) groups is 1. The molecule has 1 saturated heterocycles. The Bertz CT molecular complexity index is 530. The van der Waals surface area contributed by atoms with E-state index in [1.54, 1.807) is 0 Å². The average Bonchev–Trinajstić information content (AvgIpc) is 2.58. The Balaban J connectivity index is 0.00000312. The van der Waals surface area contributed by atoms with Gasteiger partial charge in [-0.15, -0.1) is 24.0 Å². The fourth-order valence-electron chi connectivity index (χ4n) is 2.81. The number of morpholine rings is 1. The summed E-state index contributed by atoms with van der Waals surface area (Å²) >= 11 is 1.83. The molecule has 0 aliphatic carbocycles. The normalized spacial score (nSPS) is 18.5. The van der Waals surface area contributed by atoms with Gasteiger partial charge in [0.05, 0.1) is 12.7 Å². The third-order valence-electron chi connectivity index (χ3n) is 4.00. The number of rotatable bonds is 7. The van der Waals surface area contributed by atoms with Crippen molar-refractivity contribution in [2.45, 2.75) is 26.1 Å². The third-order valence-corrected chi connectivity index (χ3v) is 4.62. The maximum atomic E-state index is 5.61. The van der Waals surface area contributed by atoms with Crippen LogP contribution in [-0.2, 0) is 17.8 Å². The van der Waals surface area contributed by atoms with E-state index in [9.17, 15) is 0 Å². The second kappa shape index (κ2) is 12.8. The first-order chi connectivity index (χ1) is 11.7. The van der Waals surface area contributed by atoms with Gasteiger partial charge in [-0.05, 0) is 24.3 Å². The van der Waals surface area contributed by atoms with Crippen LogP contribution in [0, 0.1) is 0 Å². The largest absolute Gasteiger partial charge is 0.376 e. The highest BCUT2D eigenvalue weighted by atomic mass is 127. The molecule has 25 heavy (non-hydrogen) atoms. The van der Waals surface area contributed by atoms with Gasteiger partial charge < -0.3 is 15.4 Å². The molecule has 1 aliphatic rings. The van der Waals surface area contributed by atoms with Crippen LogP contribution in [0.4, 0.5) is 0 Å². The first-order valence-electron chi connectivity index (χ1n) is 8.56. The molecule has 1 unspecified atom stereocenters. The van der Waals surface area contributed by atoms with Crippen molar-refractivity contribution >= 4 is 41.7 Å². The minimum absolute atomic E-state index is 0. The molecule has 7 heteroatoms. The Morgan fingerprint density at radius 3 is 2.88 bits per heavy atom. The summed E-state index contributed by atoms with van der Waals surface area (Å²) in [6.45, 7) is 7.69. The van der Waals surface area contributed by atoms with Gasteiger partial charge in [-0.25, -0.2) is 0 Å². The minimum Gasteiger partial charge on any atom is -0.376 e. The molecule has 142 valence electrons. The maximum absolute atomic E-state index is 5.61. The summed E-state index contributed by atoms with van der Waals surface area (Å²) < 4.78 is 5.61. The molecule has 0 aromatic heterocycles. The van der Waals surface area contributed by atoms with Crippen molar-refractivity contribution in [2.75, 3.05) is 45.3 Å². The molecule has 0 spiro atoms. The van der Waals surface area contributed by atoms with Gasteiger partial charge in [0.2, 0.25) is 0 Å². The van der Waals surface area contributed by atoms with E-state index in [1.165, 1.54) is 11.1 Å². The van der Waals surface area contributed by atoms with Gasteiger partial charge in [0.1, 0.15) is 0 Å². The van der Waals surface area contributed by atoms with Crippen LogP contribution in [0.15, 0.2) is 29.3 Å². The van der Waals surface area contributed by atoms with E-state index < -0.39 is 0 Å². The Morgan fingerprint density at radius 2 is 2.16 bits per heavy atom. The fourth-order valence-corrected chi connectivity index (χ4v) is 3.11. The predicted molar refractivity (Wildman–Crippen MR) is 119 cm³/mol. The highest BCUT2D eigenvalue weighted by Gasteiger charge is 2.16. The molecular weight excluding hydrogens is 447 g/mol. The summed E-state index contributed by atoms with van der Waals surface area (Å²) in [4.78, 5) is 6.72. The van der Waals surface area contributed by atoms with Gasteiger partial charge in [-0.2, -0.15) is 11.8 Å². The summed E-state index contributed by atoms with van der Waals surface area (Å²) in [6.07, 6.45) is 2.44. The maximum Gasteiger partial charge on any atom is 0.191 e. The first kappa shape index (κ1) is 22.5. The summed E-state index contributed by atoms with van der Waals surface area (Å²) in [5.74, 6) is 1.94. The van der Waals surface area contributed by atoms with E-state index in [4.69, 9.17) is 4.74 Å². The standard InChI is InChI=1S/C18H30N4OS.HI/c1-15-13-22(8-9-23-15)14-17-6-4-5-16(11-17)12-21-18(19-2)20-7-10-24-3;/h4-6,11,15H,7-10,12-14H2,1-3H3,(H2,19,20,21);1H. The summed E-state index contributed by atoms with van der Waals surface area (Å²) in [5, 5.41) is 6.70. The summed E-state index contributed by atoms with van der Waals surface area (Å²) in [6, 6.07) is 8.78. The van der Waals surface area contributed by atoms with Crippen LogP contribution in [0.5, 0.6) is 0 Å². The molecular formula is C18H31IN4OS. The quantitative estimate of drug-likeness (QED) is 0.273. The Morgan fingerprint density at radius 1 is 1.36 bits per heavy atom. The molecule has 1 aromatic rings. The number of hydrogen-bond donors (Lipinski definition) is 2. The number of guanidine groups is 1. The molecule has 0 bridgehead atoms. The van der Waals surface area contributed by atoms with Crippen LogP contribution in [0.25, 0.3) is 0 Å². The predicted octanol–water partition coefficient (Wildman–Crippen LogP) is 2.55. The van der Waals surface area contributed by atoms with Crippen LogP contribution in [0.3, 0.4) is 0 Å².